The zero-order valence-corrected chi connectivity index (χ0v) is 11.0. The monoisotopic (exact) mass is 260 g/mol. The Labute approximate surface area is 112 Å². The summed E-state index contributed by atoms with van der Waals surface area (Å²) in [7, 11) is 1.27. The number of esters is 1. The van der Waals surface area contributed by atoms with Gasteiger partial charge in [0.2, 0.25) is 0 Å². The quantitative estimate of drug-likeness (QED) is 0.652. The van der Waals surface area contributed by atoms with E-state index in [1.54, 1.807) is 6.07 Å². The van der Waals surface area contributed by atoms with Gasteiger partial charge in [-0.1, -0.05) is 18.8 Å². The van der Waals surface area contributed by atoms with Gasteiger partial charge in [-0.25, -0.2) is 4.79 Å². The second-order valence-electron chi connectivity index (χ2n) is 4.60. The van der Waals surface area contributed by atoms with E-state index in [0.29, 0.717) is 18.8 Å². The zero-order valence-electron chi connectivity index (χ0n) is 11.0. The lowest BCUT2D eigenvalue weighted by molar-refractivity contribution is -0.0775. The number of phenolic OH excluding ortho intramolecular Hbond substituents is 1. The Morgan fingerprint density at radius 2 is 2.26 bits per heavy atom. The first-order valence-corrected chi connectivity index (χ1v) is 6.12. The summed E-state index contributed by atoms with van der Waals surface area (Å²) < 4.78 is 9.76. The molecule has 0 unspecified atom stereocenters. The van der Waals surface area contributed by atoms with Crippen molar-refractivity contribution in [1.82, 2.24) is 0 Å². The molecule has 0 aromatic heterocycles. The van der Waals surface area contributed by atoms with Gasteiger partial charge in [-0.2, -0.15) is 0 Å². The Hall–Kier alpha value is -1.99. The van der Waals surface area contributed by atoms with Crippen LogP contribution in [0.4, 0.5) is 0 Å². The van der Waals surface area contributed by atoms with Gasteiger partial charge < -0.3 is 14.6 Å². The van der Waals surface area contributed by atoms with Crippen molar-refractivity contribution < 1.29 is 19.4 Å². The summed E-state index contributed by atoms with van der Waals surface area (Å²) in [5.41, 5.74) is 0.756. The van der Waals surface area contributed by atoms with E-state index in [4.69, 9.17) is 4.74 Å². The molecule has 1 aromatic rings. The Kier molecular flexibility index (Phi) is 3.77. The molecule has 19 heavy (non-hydrogen) atoms. The maximum absolute atomic E-state index is 11.3. The Morgan fingerprint density at radius 1 is 1.53 bits per heavy atom. The fraction of sp³-hybridized carbons (Fsp3) is 0.400. The van der Waals surface area contributed by atoms with Crippen LogP contribution in [-0.2, 0) is 9.47 Å². The fourth-order valence-corrected chi connectivity index (χ4v) is 1.81. The maximum atomic E-state index is 11.3. The van der Waals surface area contributed by atoms with Gasteiger partial charge in [0.25, 0.3) is 0 Å². The highest BCUT2D eigenvalue weighted by Gasteiger charge is 2.34. The van der Waals surface area contributed by atoms with Crippen molar-refractivity contribution in [2.24, 2.45) is 5.41 Å². The summed E-state index contributed by atoms with van der Waals surface area (Å²) in [5, 5.41) is 9.76. The van der Waals surface area contributed by atoms with Crippen LogP contribution in [-0.4, -0.2) is 31.4 Å². The molecule has 2 rings (SSSR count). The lowest BCUT2D eigenvalue weighted by Gasteiger charge is -2.35. The molecule has 0 spiro atoms. The van der Waals surface area contributed by atoms with Crippen LogP contribution >= 0.6 is 0 Å². The van der Waals surface area contributed by atoms with Crippen LogP contribution < -0.4 is 0 Å². The van der Waals surface area contributed by atoms with E-state index in [-0.39, 0.29) is 16.7 Å². The first-order chi connectivity index (χ1) is 9.10. The lowest BCUT2D eigenvalue weighted by Crippen LogP contribution is -2.40. The smallest absolute Gasteiger partial charge is 0.341 e. The number of aromatic hydroxyl groups is 1. The first-order valence-electron chi connectivity index (χ1n) is 6.12. The van der Waals surface area contributed by atoms with Gasteiger partial charge >= 0.3 is 5.97 Å². The highest BCUT2D eigenvalue weighted by Crippen LogP contribution is 2.30. The van der Waals surface area contributed by atoms with E-state index in [9.17, 15) is 9.90 Å². The van der Waals surface area contributed by atoms with Crippen LogP contribution in [0.2, 0.25) is 0 Å². The van der Waals surface area contributed by atoms with Crippen LogP contribution in [0.25, 0.3) is 0 Å². The molecule has 1 heterocycles. The number of ether oxygens (including phenoxy) is 2. The van der Waals surface area contributed by atoms with Gasteiger partial charge in [0.1, 0.15) is 11.3 Å². The number of carbonyl (C=O) groups excluding carboxylic acids is 1. The molecule has 4 nitrogen and oxygen atoms in total. The van der Waals surface area contributed by atoms with Gasteiger partial charge in [0, 0.05) is 5.56 Å². The predicted octanol–water partition coefficient (Wildman–Crippen LogP) is 1.96. The van der Waals surface area contributed by atoms with Crippen LogP contribution in [0.15, 0.2) is 18.2 Å². The van der Waals surface area contributed by atoms with Gasteiger partial charge in [-0.15, -0.1) is 0 Å². The first kappa shape index (κ1) is 13.4. The van der Waals surface area contributed by atoms with E-state index >= 15 is 0 Å². The number of carbonyl (C=O) groups is 1. The van der Waals surface area contributed by atoms with Gasteiger partial charge in [0.15, 0.2) is 0 Å². The van der Waals surface area contributed by atoms with E-state index < -0.39 is 5.97 Å². The van der Waals surface area contributed by atoms with Crippen molar-refractivity contribution >= 4 is 5.97 Å². The van der Waals surface area contributed by atoms with E-state index in [2.05, 4.69) is 23.5 Å². The molecular weight excluding hydrogens is 244 g/mol. The van der Waals surface area contributed by atoms with Crippen molar-refractivity contribution in [2.45, 2.75) is 13.3 Å². The van der Waals surface area contributed by atoms with Gasteiger partial charge in [-0.3, -0.25) is 0 Å². The summed E-state index contributed by atoms with van der Waals surface area (Å²) in [6.45, 7) is 3.39. The molecule has 4 heteroatoms. The average Bonchev–Trinajstić information content (AvgIpc) is 2.37. The van der Waals surface area contributed by atoms with Crippen LogP contribution in [0.3, 0.4) is 0 Å². The Morgan fingerprint density at radius 3 is 2.74 bits per heavy atom. The number of hydrogen-bond acceptors (Lipinski definition) is 4. The molecule has 100 valence electrons. The number of rotatable bonds is 2. The molecule has 0 radical (unpaired) electrons. The molecule has 1 aliphatic rings. The summed E-state index contributed by atoms with van der Waals surface area (Å²) in [6, 6.07) is 4.69. The van der Waals surface area contributed by atoms with E-state index in [1.165, 1.54) is 19.2 Å². The molecule has 0 aliphatic carbocycles. The second-order valence-corrected chi connectivity index (χ2v) is 4.60. The average molecular weight is 260 g/mol. The molecule has 1 aliphatic heterocycles. The molecule has 1 fully saturated rings. The molecule has 1 aromatic carbocycles. The molecule has 0 saturated carbocycles. The molecule has 1 saturated heterocycles. The minimum atomic E-state index is -0.561. The maximum Gasteiger partial charge on any atom is 0.341 e. The Balaban J connectivity index is 2.21. The van der Waals surface area contributed by atoms with Crippen molar-refractivity contribution in [3.63, 3.8) is 0 Å². The SMILES string of the molecule is CCC1(C#Cc2ccc(C(=O)OC)c(O)c2)COC1. The zero-order chi connectivity index (χ0) is 13.9. The van der Waals surface area contributed by atoms with Gasteiger partial charge in [0.05, 0.1) is 25.7 Å². The van der Waals surface area contributed by atoms with E-state index in [0.717, 1.165) is 6.42 Å². The summed E-state index contributed by atoms with van der Waals surface area (Å²) in [4.78, 5) is 11.3. The second kappa shape index (κ2) is 5.33. The van der Waals surface area contributed by atoms with Crippen LogP contribution in [0, 0.1) is 17.3 Å². The molecule has 0 bridgehead atoms. The largest absolute Gasteiger partial charge is 0.507 e. The number of hydrogen-bond donors (Lipinski definition) is 1. The van der Waals surface area contributed by atoms with Crippen molar-refractivity contribution in [3.05, 3.63) is 29.3 Å². The Bertz CT molecular complexity index is 541. The third kappa shape index (κ3) is 2.72. The molecule has 1 N–H and O–H groups in total. The van der Waals surface area contributed by atoms with Crippen LogP contribution in [0.5, 0.6) is 5.75 Å². The summed E-state index contributed by atoms with van der Waals surface area (Å²) in [6.07, 6.45) is 0.937. The minimum Gasteiger partial charge on any atom is -0.507 e. The predicted molar refractivity (Wildman–Crippen MR) is 69.9 cm³/mol. The third-order valence-electron chi connectivity index (χ3n) is 3.31. The number of methoxy groups -OCH3 is 1. The minimum absolute atomic E-state index is 0.0589. The number of benzene rings is 1. The fourth-order valence-electron chi connectivity index (χ4n) is 1.81. The topological polar surface area (TPSA) is 55.8 Å². The highest BCUT2D eigenvalue weighted by molar-refractivity contribution is 5.92. The third-order valence-corrected chi connectivity index (χ3v) is 3.31. The van der Waals surface area contributed by atoms with Crippen molar-refractivity contribution in [3.8, 4) is 17.6 Å². The van der Waals surface area contributed by atoms with Crippen LogP contribution in [0.1, 0.15) is 29.3 Å². The number of phenols is 1. The van der Waals surface area contributed by atoms with Crippen molar-refractivity contribution in [1.29, 1.82) is 0 Å². The van der Waals surface area contributed by atoms with E-state index in [1.807, 2.05) is 0 Å². The molecule has 0 amide bonds. The lowest BCUT2D eigenvalue weighted by atomic mass is 9.84. The van der Waals surface area contributed by atoms with Crippen molar-refractivity contribution in [2.75, 3.05) is 20.3 Å². The summed E-state index contributed by atoms with van der Waals surface area (Å²) in [5.74, 6) is 5.53. The molecular formula is C15H16O4. The summed E-state index contributed by atoms with van der Waals surface area (Å²) >= 11 is 0. The normalized spacial score (nSPS) is 15.9. The standard InChI is InChI=1S/C15H16O4/c1-3-15(9-19-10-15)7-6-11-4-5-12(13(16)8-11)14(17)18-2/h4-5,8,16H,3,9-10H2,1-2H3. The molecule has 0 atom stereocenters. The highest BCUT2D eigenvalue weighted by atomic mass is 16.5. The van der Waals surface area contributed by atoms with Gasteiger partial charge in [-0.05, 0) is 24.6 Å².